The Kier molecular flexibility index (Phi) is 6.68. The number of ether oxygens (including phenoxy) is 2. The summed E-state index contributed by atoms with van der Waals surface area (Å²) in [7, 11) is 0. The molecule has 1 heterocycles. The van der Waals surface area contributed by atoms with E-state index in [-0.39, 0.29) is 30.5 Å². The Morgan fingerprint density at radius 2 is 2.19 bits per heavy atom. The number of hydrogen-bond donors (Lipinski definition) is 1. The fourth-order valence-corrected chi connectivity index (χ4v) is 3.28. The van der Waals surface area contributed by atoms with E-state index in [1.165, 1.54) is 6.07 Å². The van der Waals surface area contributed by atoms with Crippen molar-refractivity contribution in [3.05, 3.63) is 64.4 Å². The highest BCUT2D eigenvalue weighted by molar-refractivity contribution is 9.10. The van der Waals surface area contributed by atoms with Gasteiger partial charge in [0.1, 0.15) is 12.7 Å². The first kappa shape index (κ1) is 19.6. The van der Waals surface area contributed by atoms with Crippen molar-refractivity contribution in [2.45, 2.75) is 19.1 Å². The Labute approximate surface area is 166 Å². The number of hydrogen-bond acceptors (Lipinski definition) is 3. The van der Waals surface area contributed by atoms with Gasteiger partial charge < -0.3 is 19.7 Å². The molecule has 7 heteroatoms. The Balaban J connectivity index is 1.51. The molecule has 27 heavy (non-hydrogen) atoms. The second-order valence-electron chi connectivity index (χ2n) is 6.45. The van der Waals surface area contributed by atoms with Gasteiger partial charge in [0.25, 0.3) is 0 Å². The Morgan fingerprint density at radius 3 is 2.96 bits per heavy atom. The molecule has 0 spiro atoms. The van der Waals surface area contributed by atoms with E-state index in [4.69, 9.17) is 9.47 Å². The molecule has 2 atom stereocenters. The van der Waals surface area contributed by atoms with E-state index in [0.29, 0.717) is 19.7 Å². The summed E-state index contributed by atoms with van der Waals surface area (Å²) in [6.07, 6.45) is -0.160. The number of halogens is 2. The summed E-state index contributed by atoms with van der Waals surface area (Å²) in [6, 6.07) is 13.7. The Hall–Kier alpha value is -2.12. The average Bonchev–Trinajstić information content (AvgIpc) is 2.67. The van der Waals surface area contributed by atoms with E-state index in [1.54, 1.807) is 23.1 Å². The van der Waals surface area contributed by atoms with Crippen LogP contribution in [0.4, 0.5) is 9.18 Å². The Morgan fingerprint density at radius 1 is 1.37 bits per heavy atom. The summed E-state index contributed by atoms with van der Waals surface area (Å²) in [5.74, 6) is -0.235. The van der Waals surface area contributed by atoms with Crippen molar-refractivity contribution in [2.24, 2.45) is 0 Å². The third-order valence-corrected chi connectivity index (χ3v) is 4.76. The molecule has 1 saturated heterocycles. The lowest BCUT2D eigenvalue weighted by Gasteiger charge is -2.34. The first-order chi connectivity index (χ1) is 13.0. The van der Waals surface area contributed by atoms with Gasteiger partial charge in [0.15, 0.2) is 11.6 Å². The van der Waals surface area contributed by atoms with Crippen molar-refractivity contribution in [1.29, 1.82) is 0 Å². The predicted molar refractivity (Wildman–Crippen MR) is 104 cm³/mol. The first-order valence-electron chi connectivity index (χ1n) is 8.83. The molecule has 0 saturated carbocycles. The number of morpholine rings is 1. The summed E-state index contributed by atoms with van der Waals surface area (Å²) < 4.78 is 25.8. The van der Waals surface area contributed by atoms with Crippen LogP contribution in [0.25, 0.3) is 0 Å². The zero-order chi connectivity index (χ0) is 19.2. The molecular formula is C20H22BrFN2O3. The van der Waals surface area contributed by atoms with Gasteiger partial charge in [0, 0.05) is 11.0 Å². The molecule has 2 aromatic rings. The van der Waals surface area contributed by atoms with Crippen LogP contribution in [0, 0.1) is 5.82 Å². The molecular weight excluding hydrogens is 415 g/mol. The fraction of sp³-hybridized carbons (Fsp3) is 0.350. The van der Waals surface area contributed by atoms with Crippen LogP contribution in [0.3, 0.4) is 0 Å². The van der Waals surface area contributed by atoms with Gasteiger partial charge in [0.05, 0.1) is 19.2 Å². The topological polar surface area (TPSA) is 50.8 Å². The number of amides is 2. The molecule has 1 fully saturated rings. The number of rotatable bonds is 5. The standard InChI is InChI=1S/C20H22BrFN2O3/c1-14(13-27-18-8-3-2-7-17(18)22)23-20(25)24-9-10-26-19(12-24)15-5-4-6-16(21)11-15/h2-8,11,14,19H,9-10,12-13H2,1H3,(H,23,25). The summed E-state index contributed by atoms with van der Waals surface area (Å²) in [6.45, 7) is 3.49. The lowest BCUT2D eigenvalue weighted by molar-refractivity contribution is -0.0159. The number of carbonyl (C=O) groups excluding carboxylic acids is 1. The van der Waals surface area contributed by atoms with E-state index in [1.807, 2.05) is 31.2 Å². The molecule has 0 aliphatic carbocycles. The predicted octanol–water partition coefficient (Wildman–Crippen LogP) is 4.14. The molecule has 144 valence electrons. The van der Waals surface area contributed by atoms with Crippen LogP contribution >= 0.6 is 15.9 Å². The van der Waals surface area contributed by atoms with Crippen molar-refractivity contribution in [3.63, 3.8) is 0 Å². The van der Waals surface area contributed by atoms with Crippen molar-refractivity contribution in [3.8, 4) is 5.75 Å². The molecule has 0 radical (unpaired) electrons. The molecule has 0 bridgehead atoms. The van der Waals surface area contributed by atoms with Crippen LogP contribution in [0.15, 0.2) is 53.0 Å². The van der Waals surface area contributed by atoms with Gasteiger partial charge in [-0.15, -0.1) is 0 Å². The SMILES string of the molecule is CC(COc1ccccc1F)NC(=O)N1CCOC(c2cccc(Br)c2)C1. The minimum Gasteiger partial charge on any atom is -0.488 e. The van der Waals surface area contributed by atoms with Crippen LogP contribution in [-0.2, 0) is 4.74 Å². The number of para-hydroxylation sites is 1. The second kappa shape index (κ2) is 9.19. The third kappa shape index (κ3) is 5.43. The highest BCUT2D eigenvalue weighted by atomic mass is 79.9. The fourth-order valence-electron chi connectivity index (χ4n) is 2.86. The maximum atomic E-state index is 13.6. The minimum absolute atomic E-state index is 0.160. The van der Waals surface area contributed by atoms with Crippen LogP contribution in [-0.4, -0.2) is 43.3 Å². The van der Waals surface area contributed by atoms with Crippen LogP contribution in [0.5, 0.6) is 5.75 Å². The maximum absolute atomic E-state index is 13.6. The third-order valence-electron chi connectivity index (χ3n) is 4.27. The largest absolute Gasteiger partial charge is 0.488 e. The minimum atomic E-state index is -0.416. The number of urea groups is 1. The molecule has 1 aliphatic heterocycles. The summed E-state index contributed by atoms with van der Waals surface area (Å²) in [5.41, 5.74) is 1.03. The van der Waals surface area contributed by atoms with Crippen LogP contribution < -0.4 is 10.1 Å². The normalized spacial score (nSPS) is 18.0. The first-order valence-corrected chi connectivity index (χ1v) is 9.62. The summed E-state index contributed by atoms with van der Waals surface area (Å²) in [5, 5.41) is 2.90. The van der Waals surface area contributed by atoms with E-state index < -0.39 is 5.82 Å². The van der Waals surface area contributed by atoms with Gasteiger partial charge in [-0.05, 0) is 36.8 Å². The van der Waals surface area contributed by atoms with E-state index in [2.05, 4.69) is 21.2 Å². The quantitative estimate of drug-likeness (QED) is 0.765. The van der Waals surface area contributed by atoms with Crippen molar-refractivity contribution in [2.75, 3.05) is 26.3 Å². The van der Waals surface area contributed by atoms with Crippen molar-refractivity contribution in [1.82, 2.24) is 10.2 Å². The van der Waals surface area contributed by atoms with E-state index in [0.717, 1.165) is 10.0 Å². The molecule has 2 unspecified atom stereocenters. The number of benzene rings is 2. The molecule has 2 aromatic carbocycles. The molecule has 0 aromatic heterocycles. The molecule has 2 amide bonds. The van der Waals surface area contributed by atoms with E-state index >= 15 is 0 Å². The van der Waals surface area contributed by atoms with Crippen LogP contribution in [0.1, 0.15) is 18.6 Å². The maximum Gasteiger partial charge on any atom is 0.317 e. The van der Waals surface area contributed by atoms with Gasteiger partial charge >= 0.3 is 6.03 Å². The second-order valence-corrected chi connectivity index (χ2v) is 7.37. The molecule has 5 nitrogen and oxygen atoms in total. The molecule has 1 aliphatic rings. The number of nitrogens with one attached hydrogen (secondary N) is 1. The lowest BCUT2D eigenvalue weighted by atomic mass is 10.1. The average molecular weight is 437 g/mol. The summed E-state index contributed by atoms with van der Waals surface area (Å²) >= 11 is 3.46. The monoisotopic (exact) mass is 436 g/mol. The van der Waals surface area contributed by atoms with Gasteiger partial charge in [-0.3, -0.25) is 0 Å². The summed E-state index contributed by atoms with van der Waals surface area (Å²) in [4.78, 5) is 14.3. The van der Waals surface area contributed by atoms with Gasteiger partial charge in [-0.1, -0.05) is 40.2 Å². The lowest BCUT2D eigenvalue weighted by Crippen LogP contribution is -2.50. The van der Waals surface area contributed by atoms with Crippen molar-refractivity contribution < 1.29 is 18.7 Å². The van der Waals surface area contributed by atoms with Crippen molar-refractivity contribution >= 4 is 22.0 Å². The zero-order valence-electron chi connectivity index (χ0n) is 15.0. The Bertz CT molecular complexity index is 789. The smallest absolute Gasteiger partial charge is 0.317 e. The highest BCUT2D eigenvalue weighted by Gasteiger charge is 2.26. The van der Waals surface area contributed by atoms with Gasteiger partial charge in [-0.2, -0.15) is 0 Å². The van der Waals surface area contributed by atoms with Gasteiger partial charge in [0.2, 0.25) is 0 Å². The van der Waals surface area contributed by atoms with Crippen LogP contribution in [0.2, 0.25) is 0 Å². The highest BCUT2D eigenvalue weighted by Crippen LogP contribution is 2.24. The zero-order valence-corrected chi connectivity index (χ0v) is 16.6. The number of carbonyl (C=O) groups is 1. The molecule has 1 N–H and O–H groups in total. The molecule has 3 rings (SSSR count). The number of nitrogens with zero attached hydrogens (tertiary/aromatic N) is 1. The van der Waals surface area contributed by atoms with Gasteiger partial charge in [-0.25, -0.2) is 9.18 Å². The van der Waals surface area contributed by atoms with E-state index in [9.17, 15) is 9.18 Å².